The van der Waals surface area contributed by atoms with E-state index in [-0.39, 0.29) is 16.7 Å². The highest BCUT2D eigenvalue weighted by Crippen LogP contribution is 2.33. The number of aromatic nitrogens is 1. The summed E-state index contributed by atoms with van der Waals surface area (Å²) in [5.74, 6) is 0.194. The molecule has 2 nitrogen and oxygen atoms in total. The third-order valence-corrected chi connectivity index (χ3v) is 1.95. The highest BCUT2D eigenvalue weighted by atomic mass is 79.9. The second-order valence-electron chi connectivity index (χ2n) is 2.20. The molecule has 6 heteroatoms. The molecule has 0 bridgehead atoms. The average Bonchev–Trinajstić information content (AvgIpc) is 2.29. The lowest BCUT2D eigenvalue weighted by Crippen LogP contribution is -2.08. The minimum absolute atomic E-state index is 0.0579. The molecule has 0 atom stereocenters. The first-order valence-corrected chi connectivity index (χ1v) is 4.17. The molecule has 1 heterocycles. The van der Waals surface area contributed by atoms with Crippen LogP contribution in [0.15, 0.2) is 4.52 Å². The van der Waals surface area contributed by atoms with Crippen molar-refractivity contribution in [2.24, 2.45) is 0 Å². The van der Waals surface area contributed by atoms with Gasteiger partial charge in [-0.1, -0.05) is 21.1 Å². The Balaban J connectivity index is 3.16. The molecule has 1 aromatic rings. The van der Waals surface area contributed by atoms with E-state index >= 15 is 0 Å². The monoisotopic (exact) mass is 243 g/mol. The summed E-state index contributed by atoms with van der Waals surface area (Å²) in [5.41, 5.74) is -0.889. The molecule has 0 saturated carbocycles. The fourth-order valence-corrected chi connectivity index (χ4v) is 1.43. The van der Waals surface area contributed by atoms with Gasteiger partial charge in [0.05, 0.1) is 0 Å². The van der Waals surface area contributed by atoms with E-state index < -0.39 is 11.9 Å². The number of rotatable bonds is 1. The predicted octanol–water partition coefficient (Wildman–Crippen LogP) is 2.90. The summed E-state index contributed by atoms with van der Waals surface area (Å²) in [6.45, 7) is 1.44. The molecule has 0 spiro atoms. The van der Waals surface area contributed by atoms with Gasteiger partial charge in [0.15, 0.2) is 5.69 Å². The molecule has 0 saturated heterocycles. The molecular formula is C6H5BrF3NO. The first-order chi connectivity index (χ1) is 5.46. The zero-order valence-electron chi connectivity index (χ0n) is 6.07. The quantitative estimate of drug-likeness (QED) is 0.710. The highest BCUT2D eigenvalue weighted by Gasteiger charge is 2.38. The Morgan fingerprint density at radius 3 is 2.42 bits per heavy atom. The van der Waals surface area contributed by atoms with Crippen molar-refractivity contribution in [1.29, 1.82) is 0 Å². The normalized spacial score (nSPS) is 12.1. The molecule has 12 heavy (non-hydrogen) atoms. The van der Waals surface area contributed by atoms with Crippen LogP contribution in [0.1, 0.15) is 17.0 Å². The maximum Gasteiger partial charge on any atom is 0.437 e. The van der Waals surface area contributed by atoms with Crippen molar-refractivity contribution < 1.29 is 17.7 Å². The molecule has 0 radical (unpaired) electrons. The van der Waals surface area contributed by atoms with Crippen molar-refractivity contribution in [3.63, 3.8) is 0 Å². The molecule has 0 fully saturated rings. The van der Waals surface area contributed by atoms with Crippen LogP contribution in [0.5, 0.6) is 0 Å². The van der Waals surface area contributed by atoms with E-state index in [1.165, 1.54) is 6.92 Å². The second kappa shape index (κ2) is 3.08. The van der Waals surface area contributed by atoms with E-state index in [0.717, 1.165) is 0 Å². The van der Waals surface area contributed by atoms with Crippen molar-refractivity contribution in [2.45, 2.75) is 18.4 Å². The van der Waals surface area contributed by atoms with Crippen molar-refractivity contribution in [3.8, 4) is 0 Å². The second-order valence-corrected chi connectivity index (χ2v) is 2.76. The smallest absolute Gasteiger partial charge is 0.361 e. The molecule has 0 aliphatic carbocycles. The highest BCUT2D eigenvalue weighted by molar-refractivity contribution is 9.08. The SMILES string of the molecule is Cc1onc(C(F)(F)F)c1CBr. The van der Waals surface area contributed by atoms with Crippen LogP contribution in [0.4, 0.5) is 13.2 Å². The standard InChI is InChI=1S/C6H5BrF3NO/c1-3-4(2-7)5(11-12-3)6(8,9)10/h2H2,1H3. The van der Waals surface area contributed by atoms with Crippen LogP contribution in [0.3, 0.4) is 0 Å². The maximum atomic E-state index is 12.1. The van der Waals surface area contributed by atoms with Crippen LogP contribution in [-0.4, -0.2) is 5.16 Å². The van der Waals surface area contributed by atoms with Crippen molar-refractivity contribution in [3.05, 3.63) is 17.0 Å². The lowest BCUT2D eigenvalue weighted by Gasteiger charge is -2.02. The zero-order valence-corrected chi connectivity index (χ0v) is 7.66. The van der Waals surface area contributed by atoms with Gasteiger partial charge in [0, 0.05) is 10.9 Å². The Labute approximate surface area is 74.9 Å². The van der Waals surface area contributed by atoms with Gasteiger partial charge in [-0.15, -0.1) is 0 Å². The van der Waals surface area contributed by atoms with E-state index in [2.05, 4.69) is 25.6 Å². The number of alkyl halides is 4. The van der Waals surface area contributed by atoms with E-state index in [9.17, 15) is 13.2 Å². The summed E-state index contributed by atoms with van der Waals surface area (Å²) < 4.78 is 40.7. The third-order valence-electron chi connectivity index (χ3n) is 1.39. The summed E-state index contributed by atoms with van der Waals surface area (Å²) in [4.78, 5) is 0. The zero-order chi connectivity index (χ0) is 9.35. The Bertz CT molecular complexity index is 281. The van der Waals surface area contributed by atoms with Crippen molar-refractivity contribution in [2.75, 3.05) is 0 Å². The first kappa shape index (κ1) is 9.57. The van der Waals surface area contributed by atoms with Crippen molar-refractivity contribution in [1.82, 2.24) is 5.16 Å². The number of halogens is 4. The van der Waals surface area contributed by atoms with Gasteiger partial charge in [-0.05, 0) is 6.92 Å². The molecule has 0 aromatic carbocycles. The fourth-order valence-electron chi connectivity index (χ4n) is 0.771. The largest absolute Gasteiger partial charge is 0.437 e. The van der Waals surface area contributed by atoms with Gasteiger partial charge in [-0.25, -0.2) is 0 Å². The van der Waals surface area contributed by atoms with Gasteiger partial charge in [0.2, 0.25) is 0 Å². The maximum absolute atomic E-state index is 12.1. The number of hydrogen-bond acceptors (Lipinski definition) is 2. The summed E-state index contributed by atoms with van der Waals surface area (Å²) in [7, 11) is 0. The van der Waals surface area contributed by atoms with Gasteiger partial charge < -0.3 is 4.52 Å². The van der Waals surface area contributed by atoms with Crippen LogP contribution >= 0.6 is 15.9 Å². The Morgan fingerprint density at radius 2 is 2.08 bits per heavy atom. The Kier molecular flexibility index (Phi) is 2.46. The molecule has 0 unspecified atom stereocenters. The van der Waals surface area contributed by atoms with Gasteiger partial charge in [-0.2, -0.15) is 13.2 Å². The minimum atomic E-state index is -4.43. The molecule has 1 rings (SSSR count). The summed E-state index contributed by atoms with van der Waals surface area (Å²) in [6, 6.07) is 0. The van der Waals surface area contributed by atoms with Crippen LogP contribution in [-0.2, 0) is 11.5 Å². The lowest BCUT2D eigenvalue weighted by molar-refractivity contribution is -0.143. The summed E-state index contributed by atoms with van der Waals surface area (Å²) in [5, 5.41) is 3.02. The van der Waals surface area contributed by atoms with E-state index in [1.54, 1.807) is 0 Å². The van der Waals surface area contributed by atoms with E-state index in [1.807, 2.05) is 0 Å². The molecule has 0 amide bonds. The lowest BCUT2D eigenvalue weighted by atomic mass is 10.2. The third kappa shape index (κ3) is 1.63. The van der Waals surface area contributed by atoms with Crippen LogP contribution in [0.25, 0.3) is 0 Å². The van der Waals surface area contributed by atoms with Crippen molar-refractivity contribution >= 4 is 15.9 Å². The molecule has 0 aliphatic rings. The molecule has 0 aliphatic heterocycles. The number of aryl methyl sites for hydroxylation is 1. The van der Waals surface area contributed by atoms with E-state index in [4.69, 9.17) is 0 Å². The van der Waals surface area contributed by atoms with Gasteiger partial charge in [0.25, 0.3) is 0 Å². The number of hydrogen-bond donors (Lipinski definition) is 0. The predicted molar refractivity (Wildman–Crippen MR) is 38.9 cm³/mol. The summed E-state index contributed by atoms with van der Waals surface area (Å²) >= 11 is 2.93. The topological polar surface area (TPSA) is 26.0 Å². The van der Waals surface area contributed by atoms with Gasteiger partial charge in [0.1, 0.15) is 5.76 Å². The van der Waals surface area contributed by atoms with Crippen LogP contribution in [0.2, 0.25) is 0 Å². The number of nitrogens with zero attached hydrogens (tertiary/aromatic N) is 1. The first-order valence-electron chi connectivity index (χ1n) is 3.05. The molecular weight excluding hydrogens is 239 g/mol. The van der Waals surface area contributed by atoms with Crippen LogP contribution in [0, 0.1) is 6.92 Å². The molecule has 1 aromatic heterocycles. The molecule has 0 N–H and O–H groups in total. The van der Waals surface area contributed by atoms with Gasteiger partial charge in [-0.3, -0.25) is 0 Å². The van der Waals surface area contributed by atoms with Gasteiger partial charge >= 0.3 is 6.18 Å². The minimum Gasteiger partial charge on any atom is -0.361 e. The summed E-state index contributed by atoms with van der Waals surface area (Å²) in [6.07, 6.45) is -4.43. The Morgan fingerprint density at radius 1 is 1.50 bits per heavy atom. The van der Waals surface area contributed by atoms with Crippen LogP contribution < -0.4 is 0 Å². The average molecular weight is 244 g/mol. The Hall–Kier alpha value is -0.520. The fraction of sp³-hybridized carbons (Fsp3) is 0.500. The molecule has 68 valence electrons. The van der Waals surface area contributed by atoms with E-state index in [0.29, 0.717) is 0 Å².